The van der Waals surface area contributed by atoms with Crippen LogP contribution in [-0.4, -0.2) is 12.5 Å². The summed E-state index contributed by atoms with van der Waals surface area (Å²) in [5.41, 5.74) is 2.77. The average molecular weight is 273 g/mol. The normalized spacial score (nSPS) is 10.5. The molecule has 4 heteroatoms. The summed E-state index contributed by atoms with van der Waals surface area (Å²) in [6.45, 7) is 5.58. The molecule has 20 heavy (non-hydrogen) atoms. The van der Waals surface area contributed by atoms with Crippen LogP contribution in [0.25, 0.3) is 0 Å². The molecule has 0 spiro atoms. The van der Waals surface area contributed by atoms with Gasteiger partial charge in [0, 0.05) is 13.2 Å². The van der Waals surface area contributed by atoms with Gasteiger partial charge in [-0.2, -0.15) is 0 Å². The molecule has 0 fully saturated rings. The van der Waals surface area contributed by atoms with Crippen molar-refractivity contribution in [3.8, 4) is 0 Å². The number of carbonyl (C=O) groups is 1. The minimum Gasteiger partial charge on any atom is -0.469 e. The Bertz CT molecular complexity index is 557. The first-order valence-electron chi connectivity index (χ1n) is 6.68. The number of nitrogens with one attached hydrogen (secondary N) is 1. The molecule has 0 bridgehead atoms. The van der Waals surface area contributed by atoms with Crippen LogP contribution in [0.4, 0.5) is 0 Å². The van der Waals surface area contributed by atoms with Crippen LogP contribution in [0.5, 0.6) is 0 Å². The molecule has 0 unspecified atom stereocenters. The monoisotopic (exact) mass is 273 g/mol. The Hall–Kier alpha value is -2.07. The summed E-state index contributed by atoms with van der Waals surface area (Å²) in [5, 5.41) is 2.87. The predicted octanol–water partition coefficient (Wildman–Crippen LogP) is 3.05. The lowest BCUT2D eigenvalue weighted by atomic mass is 10.1. The van der Waals surface area contributed by atoms with Crippen LogP contribution >= 0.6 is 0 Å². The number of benzene rings is 1. The number of ether oxygens (including phenoxy) is 1. The van der Waals surface area contributed by atoms with Crippen molar-refractivity contribution in [2.45, 2.75) is 27.0 Å². The van der Waals surface area contributed by atoms with E-state index in [1.807, 2.05) is 31.2 Å². The smallest absolute Gasteiger partial charge is 0.255 e. The molecule has 1 N–H and O–H groups in total. The molecule has 0 atom stereocenters. The van der Waals surface area contributed by atoms with Gasteiger partial charge in [0.1, 0.15) is 5.76 Å². The third-order valence-electron chi connectivity index (χ3n) is 3.05. The number of rotatable bonds is 6. The minimum atomic E-state index is -0.116. The maximum atomic E-state index is 11.9. The Morgan fingerprint density at radius 1 is 1.20 bits per heavy atom. The zero-order chi connectivity index (χ0) is 14.4. The van der Waals surface area contributed by atoms with Crippen molar-refractivity contribution in [3.05, 3.63) is 59.0 Å². The highest BCUT2D eigenvalue weighted by atomic mass is 16.5. The summed E-state index contributed by atoms with van der Waals surface area (Å²) in [4.78, 5) is 11.9. The lowest BCUT2D eigenvalue weighted by Gasteiger charge is -2.06. The second-order valence-electron chi connectivity index (χ2n) is 4.53. The van der Waals surface area contributed by atoms with Gasteiger partial charge in [-0.1, -0.05) is 24.3 Å². The SMILES string of the molecule is CCOCc1ccc(CNC(=O)c2ccoc2C)cc1. The van der Waals surface area contributed by atoms with Gasteiger partial charge < -0.3 is 14.5 Å². The molecule has 1 aromatic carbocycles. The van der Waals surface area contributed by atoms with Crippen molar-refractivity contribution < 1.29 is 13.9 Å². The Balaban J connectivity index is 1.88. The van der Waals surface area contributed by atoms with E-state index >= 15 is 0 Å². The van der Waals surface area contributed by atoms with Crippen molar-refractivity contribution in [2.75, 3.05) is 6.61 Å². The number of hydrogen-bond donors (Lipinski definition) is 1. The van der Waals surface area contributed by atoms with E-state index in [0.717, 1.165) is 11.1 Å². The molecule has 0 saturated heterocycles. The maximum Gasteiger partial charge on any atom is 0.255 e. The van der Waals surface area contributed by atoms with Gasteiger partial charge in [0.15, 0.2) is 0 Å². The average Bonchev–Trinajstić information content (AvgIpc) is 2.90. The first-order valence-corrected chi connectivity index (χ1v) is 6.68. The molecule has 1 heterocycles. The van der Waals surface area contributed by atoms with Crippen LogP contribution < -0.4 is 5.32 Å². The van der Waals surface area contributed by atoms with Crippen LogP contribution in [-0.2, 0) is 17.9 Å². The van der Waals surface area contributed by atoms with Crippen LogP contribution in [0.2, 0.25) is 0 Å². The molecule has 0 saturated carbocycles. The first-order chi connectivity index (χ1) is 9.70. The Morgan fingerprint density at radius 2 is 1.90 bits per heavy atom. The van der Waals surface area contributed by atoms with Crippen molar-refractivity contribution >= 4 is 5.91 Å². The number of aryl methyl sites for hydroxylation is 1. The topological polar surface area (TPSA) is 51.5 Å². The lowest BCUT2D eigenvalue weighted by Crippen LogP contribution is -2.22. The molecule has 0 radical (unpaired) electrons. The molecule has 2 rings (SSSR count). The predicted molar refractivity (Wildman–Crippen MR) is 76.4 cm³/mol. The van der Waals surface area contributed by atoms with Gasteiger partial charge in [0.25, 0.3) is 5.91 Å². The fourth-order valence-corrected chi connectivity index (χ4v) is 1.87. The minimum absolute atomic E-state index is 0.116. The summed E-state index contributed by atoms with van der Waals surface area (Å²) < 4.78 is 10.5. The van der Waals surface area contributed by atoms with Gasteiger partial charge in [-0.15, -0.1) is 0 Å². The summed E-state index contributed by atoms with van der Waals surface area (Å²) in [5.74, 6) is 0.518. The molecule has 2 aromatic rings. The highest BCUT2D eigenvalue weighted by molar-refractivity contribution is 5.94. The molecule has 0 aliphatic rings. The van der Waals surface area contributed by atoms with E-state index in [4.69, 9.17) is 9.15 Å². The number of hydrogen-bond acceptors (Lipinski definition) is 3. The summed E-state index contributed by atoms with van der Waals surface area (Å²) in [7, 11) is 0. The Labute approximate surface area is 118 Å². The van der Waals surface area contributed by atoms with E-state index in [1.54, 1.807) is 13.0 Å². The number of amides is 1. The van der Waals surface area contributed by atoms with E-state index in [9.17, 15) is 4.79 Å². The standard InChI is InChI=1S/C16H19NO3/c1-3-19-11-14-6-4-13(5-7-14)10-17-16(18)15-8-9-20-12(15)2/h4-9H,3,10-11H2,1-2H3,(H,17,18). The number of carbonyl (C=O) groups excluding carboxylic acids is 1. The van der Waals surface area contributed by atoms with E-state index in [2.05, 4.69) is 5.32 Å². The zero-order valence-electron chi connectivity index (χ0n) is 11.8. The summed E-state index contributed by atoms with van der Waals surface area (Å²) >= 11 is 0. The molecular formula is C16H19NO3. The second-order valence-corrected chi connectivity index (χ2v) is 4.53. The van der Waals surface area contributed by atoms with Crippen molar-refractivity contribution in [3.63, 3.8) is 0 Å². The molecule has 1 aromatic heterocycles. The largest absolute Gasteiger partial charge is 0.469 e. The van der Waals surface area contributed by atoms with E-state index < -0.39 is 0 Å². The van der Waals surface area contributed by atoms with Crippen molar-refractivity contribution in [2.24, 2.45) is 0 Å². The van der Waals surface area contributed by atoms with Crippen LogP contribution in [0.15, 0.2) is 41.0 Å². The van der Waals surface area contributed by atoms with Crippen LogP contribution in [0.1, 0.15) is 34.2 Å². The van der Waals surface area contributed by atoms with Crippen LogP contribution in [0.3, 0.4) is 0 Å². The van der Waals surface area contributed by atoms with Gasteiger partial charge in [0.2, 0.25) is 0 Å². The van der Waals surface area contributed by atoms with Gasteiger partial charge in [0.05, 0.1) is 18.4 Å². The second kappa shape index (κ2) is 6.91. The summed E-state index contributed by atoms with van der Waals surface area (Å²) in [6, 6.07) is 9.70. The Morgan fingerprint density at radius 3 is 2.50 bits per heavy atom. The third-order valence-corrected chi connectivity index (χ3v) is 3.05. The van der Waals surface area contributed by atoms with E-state index in [0.29, 0.717) is 31.1 Å². The molecule has 0 aliphatic heterocycles. The van der Waals surface area contributed by atoms with Gasteiger partial charge in [-0.05, 0) is 31.0 Å². The van der Waals surface area contributed by atoms with E-state index in [1.165, 1.54) is 6.26 Å². The lowest BCUT2D eigenvalue weighted by molar-refractivity contribution is 0.0949. The quantitative estimate of drug-likeness (QED) is 0.880. The van der Waals surface area contributed by atoms with Crippen molar-refractivity contribution in [1.29, 1.82) is 0 Å². The third kappa shape index (κ3) is 3.71. The van der Waals surface area contributed by atoms with Crippen LogP contribution in [0, 0.1) is 6.92 Å². The fraction of sp³-hybridized carbons (Fsp3) is 0.312. The first kappa shape index (κ1) is 14.3. The molecule has 0 aliphatic carbocycles. The highest BCUT2D eigenvalue weighted by Crippen LogP contribution is 2.09. The zero-order valence-corrected chi connectivity index (χ0v) is 11.8. The Kier molecular flexibility index (Phi) is 4.96. The van der Waals surface area contributed by atoms with Gasteiger partial charge >= 0.3 is 0 Å². The fourth-order valence-electron chi connectivity index (χ4n) is 1.87. The maximum absolute atomic E-state index is 11.9. The number of furan rings is 1. The highest BCUT2D eigenvalue weighted by Gasteiger charge is 2.10. The van der Waals surface area contributed by atoms with Crippen molar-refractivity contribution in [1.82, 2.24) is 5.32 Å². The van der Waals surface area contributed by atoms with E-state index in [-0.39, 0.29) is 5.91 Å². The molecule has 106 valence electrons. The molecular weight excluding hydrogens is 254 g/mol. The van der Waals surface area contributed by atoms with Gasteiger partial charge in [-0.3, -0.25) is 4.79 Å². The molecule has 4 nitrogen and oxygen atoms in total. The summed E-state index contributed by atoms with van der Waals surface area (Å²) in [6.07, 6.45) is 1.52. The molecule has 1 amide bonds. The van der Waals surface area contributed by atoms with Gasteiger partial charge in [-0.25, -0.2) is 0 Å².